The summed E-state index contributed by atoms with van der Waals surface area (Å²) in [7, 11) is 0. The molecule has 0 saturated carbocycles. The number of rotatable bonds is 3. The van der Waals surface area contributed by atoms with Crippen molar-refractivity contribution in [3.8, 4) is 0 Å². The van der Waals surface area contributed by atoms with E-state index in [1.165, 1.54) is 40.9 Å². The molecule has 3 rings (SSSR count). The van der Waals surface area contributed by atoms with E-state index in [-0.39, 0.29) is 28.8 Å². The molecule has 1 amide bonds. The van der Waals surface area contributed by atoms with Crippen molar-refractivity contribution in [2.45, 2.75) is 11.9 Å². The third kappa shape index (κ3) is 3.19. The van der Waals surface area contributed by atoms with Crippen LogP contribution < -0.4 is 0 Å². The third-order valence-corrected chi connectivity index (χ3v) is 5.13. The molecule has 120 valence electrons. The maximum Gasteiger partial charge on any atom is 0.234 e. The smallest absolute Gasteiger partial charge is 0.234 e. The van der Waals surface area contributed by atoms with Crippen LogP contribution in [0.25, 0.3) is 0 Å². The molecule has 0 bridgehead atoms. The number of hydrogen-bond acceptors (Lipinski definition) is 2. The Labute approximate surface area is 140 Å². The fraction of sp³-hybridized carbons (Fsp3) is 0.188. The summed E-state index contributed by atoms with van der Waals surface area (Å²) in [6.07, 6.45) is 0. The lowest BCUT2D eigenvalue weighted by Gasteiger charge is -2.25. The van der Waals surface area contributed by atoms with Crippen LogP contribution in [0.15, 0.2) is 36.4 Å². The summed E-state index contributed by atoms with van der Waals surface area (Å²) in [5.41, 5.74) is 0.450. The maximum atomic E-state index is 13.8. The summed E-state index contributed by atoms with van der Waals surface area (Å²) in [5, 5.41) is -0.515. The maximum absolute atomic E-state index is 13.8. The van der Waals surface area contributed by atoms with E-state index in [1.54, 1.807) is 0 Å². The Morgan fingerprint density at radius 1 is 1.13 bits per heavy atom. The van der Waals surface area contributed by atoms with Gasteiger partial charge in [0.1, 0.15) is 22.8 Å². The molecule has 1 saturated heterocycles. The Kier molecular flexibility index (Phi) is 4.55. The summed E-state index contributed by atoms with van der Waals surface area (Å²) in [4.78, 5) is 13.5. The van der Waals surface area contributed by atoms with Gasteiger partial charge in [-0.25, -0.2) is 13.2 Å². The summed E-state index contributed by atoms with van der Waals surface area (Å²) in [5.74, 6) is -2.01. The predicted octanol–water partition coefficient (Wildman–Crippen LogP) is 4.53. The zero-order valence-corrected chi connectivity index (χ0v) is 13.3. The number of thioether (sulfide) groups is 1. The van der Waals surface area contributed by atoms with E-state index in [0.29, 0.717) is 5.56 Å². The molecule has 1 aliphatic heterocycles. The number of amides is 1. The minimum atomic E-state index is -0.703. The Bertz CT molecular complexity index is 751. The number of hydrogen-bond donors (Lipinski definition) is 0. The molecular weight excluding hydrogens is 347 g/mol. The average molecular weight is 358 g/mol. The van der Waals surface area contributed by atoms with Gasteiger partial charge in [0.15, 0.2) is 0 Å². The molecule has 1 heterocycles. The van der Waals surface area contributed by atoms with Crippen molar-refractivity contribution in [2.75, 3.05) is 5.75 Å². The zero-order valence-electron chi connectivity index (χ0n) is 11.7. The number of carbonyl (C=O) groups is 1. The highest BCUT2D eigenvalue weighted by molar-refractivity contribution is 8.00. The fourth-order valence-electron chi connectivity index (χ4n) is 2.42. The van der Waals surface area contributed by atoms with Crippen molar-refractivity contribution in [2.24, 2.45) is 0 Å². The number of carbonyl (C=O) groups excluding carboxylic acids is 1. The monoisotopic (exact) mass is 357 g/mol. The van der Waals surface area contributed by atoms with Gasteiger partial charge in [0, 0.05) is 5.56 Å². The van der Waals surface area contributed by atoms with Crippen molar-refractivity contribution in [3.63, 3.8) is 0 Å². The summed E-state index contributed by atoms with van der Waals surface area (Å²) in [6.45, 7) is -0.190. The highest BCUT2D eigenvalue weighted by Gasteiger charge is 2.34. The molecule has 1 fully saturated rings. The lowest BCUT2D eigenvalue weighted by molar-refractivity contribution is -0.128. The fourth-order valence-corrected chi connectivity index (χ4v) is 3.79. The molecular formula is C16H11ClF3NOS. The first-order valence-electron chi connectivity index (χ1n) is 6.76. The topological polar surface area (TPSA) is 20.3 Å². The highest BCUT2D eigenvalue weighted by Crippen LogP contribution is 2.40. The summed E-state index contributed by atoms with van der Waals surface area (Å²) < 4.78 is 40.9. The second kappa shape index (κ2) is 6.45. The van der Waals surface area contributed by atoms with Gasteiger partial charge in [-0.15, -0.1) is 11.8 Å². The molecule has 0 spiro atoms. The van der Waals surface area contributed by atoms with Crippen LogP contribution in [0.2, 0.25) is 5.02 Å². The van der Waals surface area contributed by atoms with E-state index in [4.69, 9.17) is 11.6 Å². The van der Waals surface area contributed by atoms with E-state index in [2.05, 4.69) is 0 Å². The molecule has 1 aliphatic rings. The quantitative estimate of drug-likeness (QED) is 0.804. The second-order valence-corrected chi connectivity index (χ2v) is 6.53. The molecule has 2 nitrogen and oxygen atoms in total. The Morgan fingerprint density at radius 3 is 2.48 bits per heavy atom. The lowest BCUT2D eigenvalue weighted by Crippen LogP contribution is -2.28. The first-order valence-corrected chi connectivity index (χ1v) is 8.19. The van der Waals surface area contributed by atoms with Gasteiger partial charge in [-0.1, -0.05) is 23.7 Å². The van der Waals surface area contributed by atoms with Crippen molar-refractivity contribution in [1.29, 1.82) is 0 Å². The Morgan fingerprint density at radius 2 is 1.83 bits per heavy atom. The Hall–Kier alpha value is -1.66. The van der Waals surface area contributed by atoms with Crippen LogP contribution in [-0.4, -0.2) is 16.6 Å². The van der Waals surface area contributed by atoms with E-state index in [9.17, 15) is 18.0 Å². The number of halogens is 4. The van der Waals surface area contributed by atoms with Crippen molar-refractivity contribution >= 4 is 29.3 Å². The summed E-state index contributed by atoms with van der Waals surface area (Å²) >= 11 is 7.09. The van der Waals surface area contributed by atoms with Gasteiger partial charge in [0.05, 0.1) is 17.3 Å². The van der Waals surface area contributed by atoms with Crippen LogP contribution in [-0.2, 0) is 11.3 Å². The van der Waals surface area contributed by atoms with Gasteiger partial charge in [-0.3, -0.25) is 4.79 Å². The number of benzene rings is 2. The Balaban J connectivity index is 1.92. The molecule has 2 aromatic rings. The van der Waals surface area contributed by atoms with Gasteiger partial charge in [-0.2, -0.15) is 0 Å². The van der Waals surface area contributed by atoms with Crippen LogP contribution in [0.5, 0.6) is 0 Å². The lowest BCUT2D eigenvalue weighted by atomic mass is 10.1. The van der Waals surface area contributed by atoms with Gasteiger partial charge in [0.25, 0.3) is 0 Å². The minimum absolute atomic E-state index is 0.0560. The largest absolute Gasteiger partial charge is 0.321 e. The van der Waals surface area contributed by atoms with Gasteiger partial charge < -0.3 is 4.90 Å². The third-order valence-electron chi connectivity index (χ3n) is 3.59. The molecule has 1 atom stereocenters. The van der Waals surface area contributed by atoms with Crippen LogP contribution in [0.1, 0.15) is 16.5 Å². The standard InChI is InChI=1S/C16H11ClF3NOS/c17-11-6-9(4-5-14(11)20)16-21(15(22)8-23-16)7-10-12(18)2-1-3-13(10)19/h1-6,16H,7-8H2. The molecule has 23 heavy (non-hydrogen) atoms. The molecule has 0 aliphatic carbocycles. The first kappa shape index (κ1) is 16.2. The highest BCUT2D eigenvalue weighted by atomic mass is 35.5. The van der Waals surface area contributed by atoms with E-state index >= 15 is 0 Å². The van der Waals surface area contributed by atoms with Crippen molar-refractivity contribution in [3.05, 3.63) is 70.0 Å². The summed E-state index contributed by atoms with van der Waals surface area (Å²) in [6, 6.07) is 7.72. The minimum Gasteiger partial charge on any atom is -0.321 e. The SMILES string of the molecule is O=C1CSC(c2ccc(F)c(Cl)c2)N1Cc1c(F)cccc1F. The van der Waals surface area contributed by atoms with E-state index < -0.39 is 22.8 Å². The first-order chi connectivity index (χ1) is 11.0. The molecule has 2 aromatic carbocycles. The zero-order chi connectivity index (χ0) is 16.6. The number of nitrogens with zero attached hydrogens (tertiary/aromatic N) is 1. The van der Waals surface area contributed by atoms with Crippen LogP contribution in [0.4, 0.5) is 13.2 Å². The average Bonchev–Trinajstić information content (AvgIpc) is 2.87. The van der Waals surface area contributed by atoms with E-state index in [0.717, 1.165) is 12.1 Å². The van der Waals surface area contributed by atoms with Crippen molar-refractivity contribution < 1.29 is 18.0 Å². The van der Waals surface area contributed by atoms with Crippen LogP contribution in [0.3, 0.4) is 0 Å². The molecule has 1 unspecified atom stereocenters. The van der Waals surface area contributed by atoms with Crippen LogP contribution in [0, 0.1) is 17.5 Å². The predicted molar refractivity (Wildman–Crippen MR) is 83.5 cm³/mol. The van der Waals surface area contributed by atoms with Gasteiger partial charge >= 0.3 is 0 Å². The van der Waals surface area contributed by atoms with Gasteiger partial charge in [0.2, 0.25) is 5.91 Å². The second-order valence-electron chi connectivity index (χ2n) is 5.06. The van der Waals surface area contributed by atoms with E-state index in [1.807, 2.05) is 0 Å². The normalized spacial score (nSPS) is 17.8. The van der Waals surface area contributed by atoms with Crippen molar-refractivity contribution in [1.82, 2.24) is 4.90 Å². The van der Waals surface area contributed by atoms with Crippen LogP contribution >= 0.6 is 23.4 Å². The molecule has 7 heteroatoms. The molecule has 0 aromatic heterocycles. The molecule has 0 radical (unpaired) electrons. The van der Waals surface area contributed by atoms with Gasteiger partial charge in [-0.05, 0) is 29.8 Å². The molecule has 0 N–H and O–H groups in total.